The molecular formula is C24H19ClN2O3S. The van der Waals surface area contributed by atoms with Crippen LogP contribution in [0.1, 0.15) is 27.7 Å². The number of halogens is 1. The second-order valence-corrected chi connectivity index (χ2v) is 8.16. The number of carbonyl (C=O) groups excluding carboxylic acids is 2. The molecule has 0 bridgehead atoms. The van der Waals surface area contributed by atoms with E-state index in [-0.39, 0.29) is 17.7 Å². The van der Waals surface area contributed by atoms with Crippen LogP contribution >= 0.6 is 22.9 Å². The second-order valence-electron chi connectivity index (χ2n) is 6.50. The van der Waals surface area contributed by atoms with Gasteiger partial charge < -0.3 is 10.1 Å². The van der Waals surface area contributed by atoms with Crippen LogP contribution in [0.4, 0.5) is 5.00 Å². The molecule has 1 N–H and O–H groups in total. The van der Waals surface area contributed by atoms with E-state index in [0.717, 1.165) is 16.0 Å². The van der Waals surface area contributed by atoms with Gasteiger partial charge in [0.05, 0.1) is 6.61 Å². The summed E-state index contributed by atoms with van der Waals surface area (Å²) in [4.78, 5) is 26.4. The third-order valence-electron chi connectivity index (χ3n) is 4.40. The van der Waals surface area contributed by atoms with Crippen LogP contribution in [0.2, 0.25) is 5.02 Å². The first-order chi connectivity index (χ1) is 14.9. The van der Waals surface area contributed by atoms with Gasteiger partial charge in [-0.2, -0.15) is 5.26 Å². The molecule has 0 spiro atoms. The van der Waals surface area contributed by atoms with Crippen LogP contribution in [-0.2, 0) is 9.53 Å². The summed E-state index contributed by atoms with van der Waals surface area (Å²) >= 11 is 7.25. The Morgan fingerprint density at radius 3 is 2.45 bits per heavy atom. The molecule has 0 aliphatic rings. The highest BCUT2D eigenvalue weighted by atomic mass is 35.5. The average Bonchev–Trinajstić information content (AvgIpc) is 3.09. The lowest BCUT2D eigenvalue weighted by atomic mass is 10.0. The lowest BCUT2D eigenvalue weighted by molar-refractivity contribution is -0.112. The van der Waals surface area contributed by atoms with Crippen molar-refractivity contribution in [1.29, 1.82) is 5.26 Å². The Hall–Kier alpha value is -3.40. The van der Waals surface area contributed by atoms with Crippen molar-refractivity contribution in [1.82, 2.24) is 0 Å². The molecule has 0 atom stereocenters. The fourth-order valence-corrected chi connectivity index (χ4v) is 4.22. The van der Waals surface area contributed by atoms with Crippen molar-refractivity contribution < 1.29 is 14.3 Å². The highest BCUT2D eigenvalue weighted by molar-refractivity contribution is 7.17. The van der Waals surface area contributed by atoms with E-state index in [1.165, 1.54) is 17.4 Å². The minimum Gasteiger partial charge on any atom is -0.462 e. The largest absolute Gasteiger partial charge is 0.462 e. The smallest absolute Gasteiger partial charge is 0.341 e. The number of thiophene rings is 1. The minimum atomic E-state index is -0.596. The molecule has 0 fully saturated rings. The molecule has 3 rings (SSSR count). The molecule has 3 aromatic rings. The van der Waals surface area contributed by atoms with Crippen molar-refractivity contribution in [3.8, 4) is 17.2 Å². The van der Waals surface area contributed by atoms with Crippen LogP contribution in [0.3, 0.4) is 0 Å². The number of nitrogens with one attached hydrogen (secondary N) is 1. The van der Waals surface area contributed by atoms with Crippen molar-refractivity contribution >= 4 is 45.9 Å². The third kappa shape index (κ3) is 5.21. The topological polar surface area (TPSA) is 79.2 Å². The normalized spacial score (nSPS) is 11.0. The van der Waals surface area contributed by atoms with Gasteiger partial charge in [-0.1, -0.05) is 54.1 Å². The molecule has 0 aliphatic heterocycles. The Morgan fingerprint density at radius 1 is 1.16 bits per heavy atom. The van der Waals surface area contributed by atoms with Crippen molar-refractivity contribution in [3.63, 3.8) is 0 Å². The summed E-state index contributed by atoms with van der Waals surface area (Å²) in [5.41, 5.74) is 2.36. The maximum Gasteiger partial charge on any atom is 0.341 e. The number of anilines is 1. The van der Waals surface area contributed by atoms with Crippen molar-refractivity contribution in [2.75, 3.05) is 11.9 Å². The summed E-state index contributed by atoms with van der Waals surface area (Å²) in [6, 6.07) is 18.1. The summed E-state index contributed by atoms with van der Waals surface area (Å²) in [6.07, 6.45) is 1.50. The van der Waals surface area contributed by atoms with Crippen molar-refractivity contribution in [3.05, 3.63) is 81.2 Å². The Morgan fingerprint density at radius 2 is 1.84 bits per heavy atom. The lowest BCUT2D eigenvalue weighted by Crippen LogP contribution is -2.16. The first kappa shape index (κ1) is 22.3. The highest BCUT2D eigenvalue weighted by Gasteiger charge is 2.26. The van der Waals surface area contributed by atoms with Gasteiger partial charge in [-0.25, -0.2) is 4.79 Å². The minimum absolute atomic E-state index is 0.0693. The van der Waals surface area contributed by atoms with E-state index in [4.69, 9.17) is 16.3 Å². The molecule has 1 aromatic heterocycles. The molecule has 0 saturated heterocycles. The maximum absolute atomic E-state index is 12.8. The quantitative estimate of drug-likeness (QED) is 0.279. The van der Waals surface area contributed by atoms with E-state index in [1.54, 1.807) is 31.2 Å². The van der Waals surface area contributed by atoms with Gasteiger partial charge in [-0.3, -0.25) is 4.79 Å². The number of nitrogens with zero attached hydrogens (tertiary/aromatic N) is 1. The Kier molecular flexibility index (Phi) is 7.24. The summed E-state index contributed by atoms with van der Waals surface area (Å²) < 4.78 is 5.24. The van der Waals surface area contributed by atoms with Crippen LogP contribution in [0.25, 0.3) is 17.2 Å². The number of hydrogen-bond donors (Lipinski definition) is 1. The van der Waals surface area contributed by atoms with E-state index >= 15 is 0 Å². The van der Waals surface area contributed by atoms with Gasteiger partial charge in [0.25, 0.3) is 5.91 Å². The Balaban J connectivity index is 2.02. The van der Waals surface area contributed by atoms with Crippen molar-refractivity contribution in [2.24, 2.45) is 0 Å². The number of hydrogen-bond acceptors (Lipinski definition) is 5. The maximum atomic E-state index is 12.8. The number of rotatable bonds is 6. The molecular weight excluding hydrogens is 432 g/mol. The fraction of sp³-hybridized carbons (Fsp3) is 0.125. The van der Waals surface area contributed by atoms with Gasteiger partial charge in [0.1, 0.15) is 22.2 Å². The second kappa shape index (κ2) is 10.1. The molecule has 0 unspecified atom stereocenters. The van der Waals surface area contributed by atoms with Gasteiger partial charge in [0, 0.05) is 15.5 Å². The molecule has 1 amide bonds. The molecule has 7 heteroatoms. The van der Waals surface area contributed by atoms with Crippen LogP contribution in [0.15, 0.2) is 60.2 Å². The van der Waals surface area contributed by atoms with E-state index in [2.05, 4.69) is 5.32 Å². The molecule has 2 aromatic carbocycles. The number of ether oxygens (including phenoxy) is 1. The standard InChI is InChI=1S/C24H19ClN2O3S/c1-3-30-24(29)21-20(17-9-11-19(25)12-10-17)15(2)31-23(21)27-22(28)18(14-26)13-16-7-5-4-6-8-16/h4-13H,3H2,1-2H3,(H,27,28)/b18-13+. The predicted octanol–water partition coefficient (Wildman–Crippen LogP) is 6.10. The van der Waals surface area contributed by atoms with Crippen LogP contribution in [0.5, 0.6) is 0 Å². The van der Waals surface area contributed by atoms with Gasteiger partial charge in [-0.05, 0) is 43.2 Å². The zero-order chi connectivity index (χ0) is 22.4. The van der Waals surface area contributed by atoms with Gasteiger partial charge in [0.2, 0.25) is 0 Å². The number of aryl methyl sites for hydroxylation is 1. The lowest BCUT2D eigenvalue weighted by Gasteiger charge is -2.09. The van der Waals surface area contributed by atoms with Crippen LogP contribution < -0.4 is 5.32 Å². The Labute approximate surface area is 189 Å². The predicted molar refractivity (Wildman–Crippen MR) is 124 cm³/mol. The third-order valence-corrected chi connectivity index (χ3v) is 5.67. The van der Waals surface area contributed by atoms with Crippen LogP contribution in [-0.4, -0.2) is 18.5 Å². The van der Waals surface area contributed by atoms with E-state index < -0.39 is 11.9 Å². The fourth-order valence-electron chi connectivity index (χ4n) is 3.03. The summed E-state index contributed by atoms with van der Waals surface area (Å²) in [5, 5.41) is 13.1. The van der Waals surface area contributed by atoms with E-state index in [0.29, 0.717) is 15.6 Å². The number of carbonyl (C=O) groups is 2. The zero-order valence-corrected chi connectivity index (χ0v) is 18.5. The number of amides is 1. The molecule has 0 radical (unpaired) electrons. The van der Waals surface area contributed by atoms with Gasteiger partial charge in [-0.15, -0.1) is 11.3 Å². The molecule has 31 heavy (non-hydrogen) atoms. The molecule has 5 nitrogen and oxygen atoms in total. The van der Waals surface area contributed by atoms with Gasteiger partial charge >= 0.3 is 5.97 Å². The molecule has 1 heterocycles. The van der Waals surface area contributed by atoms with E-state index in [1.807, 2.05) is 43.3 Å². The number of nitriles is 1. The van der Waals surface area contributed by atoms with E-state index in [9.17, 15) is 14.9 Å². The monoisotopic (exact) mass is 450 g/mol. The number of esters is 1. The summed E-state index contributed by atoms with van der Waals surface area (Å²) in [7, 11) is 0. The molecule has 156 valence electrons. The number of benzene rings is 2. The highest BCUT2D eigenvalue weighted by Crippen LogP contribution is 2.40. The first-order valence-corrected chi connectivity index (χ1v) is 10.7. The molecule has 0 aliphatic carbocycles. The summed E-state index contributed by atoms with van der Waals surface area (Å²) in [6.45, 7) is 3.77. The molecule has 0 saturated carbocycles. The summed E-state index contributed by atoms with van der Waals surface area (Å²) in [5.74, 6) is -1.14. The SMILES string of the molecule is CCOC(=O)c1c(NC(=O)/C(C#N)=C/c2ccccc2)sc(C)c1-c1ccc(Cl)cc1. The Bertz CT molecular complexity index is 1180. The van der Waals surface area contributed by atoms with Crippen LogP contribution in [0, 0.1) is 18.3 Å². The zero-order valence-electron chi connectivity index (χ0n) is 16.9. The first-order valence-electron chi connectivity index (χ1n) is 9.49. The van der Waals surface area contributed by atoms with Gasteiger partial charge in [0.15, 0.2) is 0 Å². The van der Waals surface area contributed by atoms with Crippen molar-refractivity contribution in [2.45, 2.75) is 13.8 Å². The average molecular weight is 451 g/mol.